The summed E-state index contributed by atoms with van der Waals surface area (Å²) in [6.07, 6.45) is 0.372. The van der Waals surface area contributed by atoms with Crippen LogP contribution in [0.3, 0.4) is 0 Å². The Bertz CT molecular complexity index is 484. The molecule has 2 amide bonds. The van der Waals surface area contributed by atoms with Crippen LogP contribution in [0.25, 0.3) is 0 Å². The van der Waals surface area contributed by atoms with Gasteiger partial charge in [0, 0.05) is 6.42 Å². The number of amides is 2. The summed E-state index contributed by atoms with van der Waals surface area (Å²) < 4.78 is 5.51. The molecule has 0 aliphatic heterocycles. The fourth-order valence-electron chi connectivity index (χ4n) is 1.83. The van der Waals surface area contributed by atoms with Crippen molar-refractivity contribution in [3.05, 3.63) is 29.8 Å². The number of hydrogen-bond acceptors (Lipinski definition) is 3. The summed E-state index contributed by atoms with van der Waals surface area (Å²) in [4.78, 5) is 23.0. The number of hydrazine groups is 1. The Balaban J connectivity index is 2.42. The molecule has 5 heteroatoms. The van der Waals surface area contributed by atoms with Gasteiger partial charge in [-0.25, -0.2) is 0 Å². The number of para-hydroxylation sites is 1. The van der Waals surface area contributed by atoms with Gasteiger partial charge in [-0.1, -0.05) is 45.9 Å². The smallest absolute Gasteiger partial charge is 0.276 e. The number of carbonyl (C=O) groups is 2. The normalized spacial score (nSPS) is 10.6. The van der Waals surface area contributed by atoms with E-state index in [1.54, 1.807) is 0 Å². The highest BCUT2D eigenvalue weighted by Crippen LogP contribution is 2.25. The molecule has 0 atom stereocenters. The Morgan fingerprint density at radius 2 is 1.67 bits per heavy atom. The minimum absolute atomic E-state index is 0.133. The SMILES string of the molecule is CC(C)CC(=O)NNC(=O)COc1ccccc1C(C)C. The molecule has 0 aliphatic rings. The van der Waals surface area contributed by atoms with Gasteiger partial charge < -0.3 is 4.74 Å². The topological polar surface area (TPSA) is 67.4 Å². The van der Waals surface area contributed by atoms with E-state index in [9.17, 15) is 9.59 Å². The van der Waals surface area contributed by atoms with Crippen molar-refractivity contribution in [2.24, 2.45) is 5.92 Å². The van der Waals surface area contributed by atoms with E-state index in [1.807, 2.05) is 38.1 Å². The number of hydrogen-bond donors (Lipinski definition) is 2. The Kier molecular flexibility index (Phi) is 6.72. The molecule has 0 aromatic heterocycles. The van der Waals surface area contributed by atoms with Crippen LogP contribution < -0.4 is 15.6 Å². The molecule has 116 valence electrons. The Hall–Kier alpha value is -2.04. The molecule has 1 aromatic rings. The van der Waals surface area contributed by atoms with Gasteiger partial charge in [-0.3, -0.25) is 20.4 Å². The lowest BCUT2D eigenvalue weighted by Gasteiger charge is -2.14. The van der Waals surface area contributed by atoms with E-state index in [0.29, 0.717) is 18.1 Å². The van der Waals surface area contributed by atoms with Crippen molar-refractivity contribution in [2.45, 2.75) is 40.0 Å². The lowest BCUT2D eigenvalue weighted by molar-refractivity contribution is -0.130. The van der Waals surface area contributed by atoms with Crippen LogP contribution in [0.4, 0.5) is 0 Å². The van der Waals surface area contributed by atoms with Crippen LogP contribution >= 0.6 is 0 Å². The van der Waals surface area contributed by atoms with Gasteiger partial charge in [-0.2, -0.15) is 0 Å². The summed E-state index contributed by atoms with van der Waals surface area (Å²) >= 11 is 0. The second-order valence-corrected chi connectivity index (χ2v) is 5.68. The summed E-state index contributed by atoms with van der Waals surface area (Å²) in [6.45, 7) is 7.87. The number of carbonyl (C=O) groups excluding carboxylic acids is 2. The van der Waals surface area contributed by atoms with Crippen molar-refractivity contribution in [3.63, 3.8) is 0 Å². The van der Waals surface area contributed by atoms with Gasteiger partial charge in [0.15, 0.2) is 6.61 Å². The van der Waals surface area contributed by atoms with Crippen molar-refractivity contribution < 1.29 is 14.3 Å². The average molecular weight is 292 g/mol. The molecule has 5 nitrogen and oxygen atoms in total. The molecular formula is C16H24N2O3. The summed E-state index contributed by atoms with van der Waals surface area (Å²) in [5.41, 5.74) is 5.76. The van der Waals surface area contributed by atoms with E-state index in [2.05, 4.69) is 24.7 Å². The van der Waals surface area contributed by atoms with E-state index < -0.39 is 0 Å². The fraction of sp³-hybridized carbons (Fsp3) is 0.500. The summed E-state index contributed by atoms with van der Waals surface area (Å²) in [7, 11) is 0. The van der Waals surface area contributed by atoms with Crippen molar-refractivity contribution in [3.8, 4) is 5.75 Å². The zero-order valence-electron chi connectivity index (χ0n) is 13.1. The molecule has 1 rings (SSSR count). The van der Waals surface area contributed by atoms with Gasteiger partial charge in [-0.05, 0) is 23.5 Å². The number of ether oxygens (including phenoxy) is 1. The Morgan fingerprint density at radius 1 is 1.05 bits per heavy atom. The molecule has 0 unspecified atom stereocenters. The number of rotatable bonds is 6. The highest BCUT2D eigenvalue weighted by atomic mass is 16.5. The molecule has 0 saturated heterocycles. The lowest BCUT2D eigenvalue weighted by Crippen LogP contribution is -2.44. The standard InChI is InChI=1S/C16H24N2O3/c1-11(2)9-15(19)17-18-16(20)10-21-14-8-6-5-7-13(14)12(3)4/h5-8,11-12H,9-10H2,1-4H3,(H,17,19)(H,18,20). The monoisotopic (exact) mass is 292 g/mol. The fourth-order valence-corrected chi connectivity index (χ4v) is 1.83. The second-order valence-electron chi connectivity index (χ2n) is 5.68. The number of benzene rings is 1. The van der Waals surface area contributed by atoms with E-state index >= 15 is 0 Å². The third-order valence-corrected chi connectivity index (χ3v) is 2.83. The largest absolute Gasteiger partial charge is 0.483 e. The van der Waals surface area contributed by atoms with E-state index in [1.165, 1.54) is 0 Å². The molecular weight excluding hydrogens is 268 g/mol. The van der Waals surface area contributed by atoms with Crippen LogP contribution in [0, 0.1) is 5.92 Å². The van der Waals surface area contributed by atoms with Gasteiger partial charge in [0.05, 0.1) is 0 Å². The van der Waals surface area contributed by atoms with Gasteiger partial charge in [0.2, 0.25) is 5.91 Å². The highest BCUT2D eigenvalue weighted by molar-refractivity contribution is 5.82. The van der Waals surface area contributed by atoms with Crippen LogP contribution in [0.15, 0.2) is 24.3 Å². The van der Waals surface area contributed by atoms with Gasteiger partial charge in [0.1, 0.15) is 5.75 Å². The van der Waals surface area contributed by atoms with E-state index in [-0.39, 0.29) is 24.3 Å². The molecule has 0 radical (unpaired) electrons. The van der Waals surface area contributed by atoms with Crippen LogP contribution in [0.1, 0.15) is 45.6 Å². The zero-order chi connectivity index (χ0) is 15.8. The van der Waals surface area contributed by atoms with E-state index in [4.69, 9.17) is 4.74 Å². The van der Waals surface area contributed by atoms with Crippen LogP contribution in [-0.4, -0.2) is 18.4 Å². The predicted molar refractivity (Wildman–Crippen MR) is 81.8 cm³/mol. The first-order valence-electron chi connectivity index (χ1n) is 7.19. The maximum absolute atomic E-state index is 11.6. The molecule has 1 aromatic carbocycles. The molecule has 2 N–H and O–H groups in total. The first-order valence-corrected chi connectivity index (χ1v) is 7.19. The van der Waals surface area contributed by atoms with Gasteiger partial charge >= 0.3 is 0 Å². The quantitative estimate of drug-likeness (QED) is 0.791. The molecule has 21 heavy (non-hydrogen) atoms. The molecule has 0 bridgehead atoms. The Labute approximate surface area is 126 Å². The molecule has 0 aliphatic carbocycles. The maximum atomic E-state index is 11.6. The first-order chi connectivity index (χ1) is 9.90. The summed E-state index contributed by atoms with van der Waals surface area (Å²) in [5.74, 6) is 0.661. The Morgan fingerprint density at radius 3 is 2.29 bits per heavy atom. The minimum Gasteiger partial charge on any atom is -0.483 e. The van der Waals surface area contributed by atoms with Gasteiger partial charge in [0.25, 0.3) is 5.91 Å². The second kappa shape index (κ2) is 8.29. The predicted octanol–water partition coefficient (Wildman–Crippen LogP) is 2.38. The number of nitrogens with one attached hydrogen (secondary N) is 2. The summed E-state index contributed by atoms with van der Waals surface area (Å²) in [6, 6.07) is 7.61. The molecule has 0 spiro atoms. The van der Waals surface area contributed by atoms with Gasteiger partial charge in [-0.15, -0.1) is 0 Å². The van der Waals surface area contributed by atoms with Crippen molar-refractivity contribution in [1.82, 2.24) is 10.9 Å². The maximum Gasteiger partial charge on any atom is 0.276 e. The van der Waals surface area contributed by atoms with Crippen molar-refractivity contribution in [2.75, 3.05) is 6.61 Å². The third-order valence-electron chi connectivity index (χ3n) is 2.83. The minimum atomic E-state index is -0.384. The van der Waals surface area contributed by atoms with E-state index in [0.717, 1.165) is 5.56 Å². The van der Waals surface area contributed by atoms with Crippen LogP contribution in [0.5, 0.6) is 5.75 Å². The van der Waals surface area contributed by atoms with Crippen molar-refractivity contribution in [1.29, 1.82) is 0 Å². The van der Waals surface area contributed by atoms with Crippen LogP contribution in [-0.2, 0) is 9.59 Å². The molecule has 0 heterocycles. The first kappa shape index (κ1) is 17.0. The highest BCUT2D eigenvalue weighted by Gasteiger charge is 2.10. The van der Waals surface area contributed by atoms with Crippen molar-refractivity contribution >= 4 is 11.8 Å². The molecule has 0 saturated carbocycles. The van der Waals surface area contributed by atoms with Crippen LogP contribution in [0.2, 0.25) is 0 Å². The lowest BCUT2D eigenvalue weighted by atomic mass is 10.0. The third kappa shape index (κ3) is 6.29. The summed E-state index contributed by atoms with van der Waals surface area (Å²) in [5, 5.41) is 0. The average Bonchev–Trinajstić information content (AvgIpc) is 2.42. The zero-order valence-corrected chi connectivity index (χ0v) is 13.1. The molecule has 0 fully saturated rings.